The first kappa shape index (κ1) is 23.4. The Bertz CT molecular complexity index is 1090. The van der Waals surface area contributed by atoms with Gasteiger partial charge in [0.15, 0.2) is 11.5 Å². The van der Waals surface area contributed by atoms with Gasteiger partial charge in [0.05, 0.1) is 21.3 Å². The van der Waals surface area contributed by atoms with Crippen LogP contribution in [-0.4, -0.2) is 57.0 Å². The van der Waals surface area contributed by atoms with Gasteiger partial charge in [-0.1, -0.05) is 11.2 Å². The van der Waals surface area contributed by atoms with E-state index in [-0.39, 0.29) is 11.8 Å². The first-order valence-corrected chi connectivity index (χ1v) is 11.3. The Morgan fingerprint density at radius 2 is 1.76 bits per heavy atom. The Morgan fingerprint density at radius 3 is 2.44 bits per heavy atom. The number of methoxy groups -OCH3 is 3. The number of benzene rings is 2. The van der Waals surface area contributed by atoms with Crippen LogP contribution in [0.25, 0.3) is 11.4 Å². The number of hydrogen-bond acceptors (Lipinski definition) is 8. The van der Waals surface area contributed by atoms with Gasteiger partial charge in [0.1, 0.15) is 5.75 Å². The molecular weight excluding hydrogens is 436 g/mol. The van der Waals surface area contributed by atoms with Gasteiger partial charge < -0.3 is 29.0 Å². The molecule has 0 bridgehead atoms. The van der Waals surface area contributed by atoms with Crippen molar-refractivity contribution < 1.29 is 23.5 Å². The summed E-state index contributed by atoms with van der Waals surface area (Å²) in [7, 11) is 4.86. The lowest BCUT2D eigenvalue weighted by Crippen LogP contribution is -2.41. The van der Waals surface area contributed by atoms with Crippen LogP contribution < -0.4 is 24.4 Å². The lowest BCUT2D eigenvalue weighted by atomic mass is 9.96. The molecule has 0 atom stereocenters. The second-order valence-electron chi connectivity index (χ2n) is 8.12. The van der Waals surface area contributed by atoms with Crippen LogP contribution in [0.3, 0.4) is 0 Å². The molecule has 1 amide bonds. The molecule has 1 aliphatic rings. The van der Waals surface area contributed by atoms with Gasteiger partial charge in [-0.2, -0.15) is 4.98 Å². The fourth-order valence-electron chi connectivity index (χ4n) is 4.04. The van der Waals surface area contributed by atoms with Crippen LogP contribution in [0.4, 0.5) is 6.01 Å². The summed E-state index contributed by atoms with van der Waals surface area (Å²) in [6.07, 6.45) is 2.20. The number of carbonyl (C=O) groups excluding carboxylic acids is 1. The Kier molecular flexibility index (Phi) is 7.51. The zero-order valence-electron chi connectivity index (χ0n) is 19.7. The minimum Gasteiger partial charge on any atom is -0.497 e. The summed E-state index contributed by atoms with van der Waals surface area (Å²) in [5.74, 6) is 2.76. The standard InChI is InChI=1S/C25H30N4O5/c1-31-20-7-5-18(6-8-20)23-27-25(34-28-23)29-14-11-19(12-15-29)24(30)26-13-10-17-4-9-21(32-2)22(16-17)33-3/h4-9,16,19H,10-15H2,1-3H3,(H,26,30). The van der Waals surface area contributed by atoms with E-state index in [1.54, 1.807) is 21.3 Å². The highest BCUT2D eigenvalue weighted by atomic mass is 16.5. The maximum atomic E-state index is 12.7. The smallest absolute Gasteiger partial charge is 0.324 e. The van der Waals surface area contributed by atoms with E-state index in [2.05, 4.69) is 15.5 Å². The molecule has 0 aliphatic carbocycles. The van der Waals surface area contributed by atoms with Crippen molar-refractivity contribution in [1.82, 2.24) is 15.5 Å². The van der Waals surface area contributed by atoms with Gasteiger partial charge in [0.25, 0.3) is 0 Å². The normalized spacial score (nSPS) is 14.0. The number of hydrogen-bond donors (Lipinski definition) is 1. The van der Waals surface area contributed by atoms with Crippen molar-refractivity contribution in [2.45, 2.75) is 19.3 Å². The summed E-state index contributed by atoms with van der Waals surface area (Å²) < 4.78 is 21.3. The van der Waals surface area contributed by atoms with E-state index in [4.69, 9.17) is 18.7 Å². The molecule has 1 saturated heterocycles. The van der Waals surface area contributed by atoms with Crippen molar-refractivity contribution in [2.75, 3.05) is 45.9 Å². The predicted molar refractivity (Wildman–Crippen MR) is 127 cm³/mol. The highest BCUT2D eigenvalue weighted by molar-refractivity contribution is 5.79. The number of nitrogens with zero attached hydrogens (tertiary/aromatic N) is 3. The third-order valence-electron chi connectivity index (χ3n) is 6.06. The maximum Gasteiger partial charge on any atom is 0.324 e. The molecule has 9 nitrogen and oxygen atoms in total. The zero-order chi connectivity index (χ0) is 23.9. The highest BCUT2D eigenvalue weighted by Crippen LogP contribution is 2.28. The summed E-state index contributed by atoms with van der Waals surface area (Å²) in [6, 6.07) is 13.8. The first-order valence-electron chi connectivity index (χ1n) is 11.3. The van der Waals surface area contributed by atoms with E-state index in [1.165, 1.54) is 0 Å². The minimum absolute atomic E-state index is 0.0226. The zero-order valence-corrected chi connectivity index (χ0v) is 19.7. The lowest BCUT2D eigenvalue weighted by Gasteiger charge is -2.29. The quantitative estimate of drug-likeness (QED) is 0.513. The third kappa shape index (κ3) is 5.41. The molecule has 1 aliphatic heterocycles. The number of anilines is 1. The second kappa shape index (κ2) is 10.9. The fraction of sp³-hybridized carbons (Fsp3) is 0.400. The number of rotatable bonds is 9. The van der Waals surface area contributed by atoms with E-state index >= 15 is 0 Å². The molecule has 1 N–H and O–H groups in total. The van der Waals surface area contributed by atoms with Gasteiger partial charge in [0, 0.05) is 31.1 Å². The van der Waals surface area contributed by atoms with Crippen molar-refractivity contribution in [3.8, 4) is 28.6 Å². The molecule has 34 heavy (non-hydrogen) atoms. The summed E-state index contributed by atoms with van der Waals surface area (Å²) in [4.78, 5) is 19.2. The van der Waals surface area contributed by atoms with Crippen molar-refractivity contribution in [1.29, 1.82) is 0 Å². The lowest BCUT2D eigenvalue weighted by molar-refractivity contribution is -0.125. The van der Waals surface area contributed by atoms with Gasteiger partial charge >= 0.3 is 6.01 Å². The van der Waals surface area contributed by atoms with Crippen molar-refractivity contribution in [2.24, 2.45) is 5.92 Å². The molecule has 3 aromatic rings. The fourth-order valence-corrected chi connectivity index (χ4v) is 4.04. The van der Waals surface area contributed by atoms with Gasteiger partial charge in [-0.15, -0.1) is 0 Å². The summed E-state index contributed by atoms with van der Waals surface area (Å²) in [6.45, 7) is 1.96. The molecule has 2 heterocycles. The van der Waals surface area contributed by atoms with E-state index in [1.807, 2.05) is 47.4 Å². The maximum absolute atomic E-state index is 12.7. The number of aromatic nitrogens is 2. The van der Waals surface area contributed by atoms with E-state index in [0.717, 1.165) is 36.1 Å². The van der Waals surface area contributed by atoms with Crippen LogP contribution in [0, 0.1) is 5.92 Å². The van der Waals surface area contributed by atoms with Crippen molar-refractivity contribution in [3.05, 3.63) is 48.0 Å². The molecule has 9 heteroatoms. The summed E-state index contributed by atoms with van der Waals surface area (Å²) >= 11 is 0. The van der Waals surface area contributed by atoms with E-state index < -0.39 is 0 Å². The van der Waals surface area contributed by atoms with Crippen LogP contribution in [0.2, 0.25) is 0 Å². The SMILES string of the molecule is COc1ccc(-c2noc(N3CCC(C(=O)NCCc4ccc(OC)c(OC)c4)CC3)n2)cc1. The molecule has 1 aromatic heterocycles. The van der Waals surface area contributed by atoms with Crippen molar-refractivity contribution >= 4 is 11.9 Å². The molecule has 0 unspecified atom stereocenters. The first-order chi connectivity index (χ1) is 16.6. The van der Waals surface area contributed by atoms with Crippen LogP contribution in [-0.2, 0) is 11.2 Å². The van der Waals surface area contributed by atoms with E-state index in [0.29, 0.717) is 43.0 Å². The Hall–Kier alpha value is -3.75. The molecule has 1 fully saturated rings. The molecule has 2 aromatic carbocycles. The second-order valence-corrected chi connectivity index (χ2v) is 8.12. The van der Waals surface area contributed by atoms with Crippen molar-refractivity contribution in [3.63, 3.8) is 0 Å². The number of piperidine rings is 1. The van der Waals surface area contributed by atoms with Crippen LogP contribution in [0.15, 0.2) is 47.0 Å². The Balaban J connectivity index is 1.24. The highest BCUT2D eigenvalue weighted by Gasteiger charge is 2.27. The third-order valence-corrected chi connectivity index (χ3v) is 6.06. The number of ether oxygens (including phenoxy) is 3. The molecule has 0 radical (unpaired) electrons. The summed E-state index contributed by atoms with van der Waals surface area (Å²) in [5.41, 5.74) is 1.94. The number of amides is 1. The molecule has 0 saturated carbocycles. The average molecular weight is 467 g/mol. The Morgan fingerprint density at radius 1 is 1.03 bits per heavy atom. The van der Waals surface area contributed by atoms with Gasteiger partial charge in [0.2, 0.25) is 11.7 Å². The van der Waals surface area contributed by atoms with Crippen LogP contribution >= 0.6 is 0 Å². The number of carbonyl (C=O) groups is 1. The Labute approximate surface area is 199 Å². The molecule has 180 valence electrons. The molecule has 4 rings (SSSR count). The molecular formula is C25H30N4O5. The van der Waals surface area contributed by atoms with Crippen LogP contribution in [0.1, 0.15) is 18.4 Å². The number of nitrogens with one attached hydrogen (secondary N) is 1. The van der Waals surface area contributed by atoms with E-state index in [9.17, 15) is 4.79 Å². The average Bonchev–Trinajstić information content (AvgIpc) is 3.39. The van der Waals surface area contributed by atoms with Gasteiger partial charge in [-0.25, -0.2) is 0 Å². The van der Waals surface area contributed by atoms with Crippen LogP contribution in [0.5, 0.6) is 17.2 Å². The topological polar surface area (TPSA) is 99.0 Å². The largest absolute Gasteiger partial charge is 0.497 e. The predicted octanol–water partition coefficient (Wildman–Crippen LogP) is 3.34. The monoisotopic (exact) mass is 466 g/mol. The molecule has 0 spiro atoms. The van der Waals surface area contributed by atoms with Gasteiger partial charge in [-0.3, -0.25) is 4.79 Å². The van der Waals surface area contributed by atoms with Gasteiger partial charge in [-0.05, 0) is 61.2 Å². The minimum atomic E-state index is -0.0226. The summed E-state index contributed by atoms with van der Waals surface area (Å²) in [5, 5.41) is 7.16.